The Morgan fingerprint density at radius 1 is 1.37 bits per heavy atom. The van der Waals surface area contributed by atoms with Crippen LogP contribution in [0.2, 0.25) is 0 Å². The molecule has 1 amide bonds. The lowest BCUT2D eigenvalue weighted by atomic mass is 10.00. The predicted octanol–water partition coefficient (Wildman–Crippen LogP) is 2.96. The number of carbonyl (C=O) groups excluding carboxylic acids is 1. The average molecular weight is 393 g/mol. The van der Waals surface area contributed by atoms with E-state index >= 15 is 0 Å². The van der Waals surface area contributed by atoms with Crippen LogP contribution in [-0.2, 0) is 12.8 Å². The molecule has 1 unspecified atom stereocenters. The summed E-state index contributed by atoms with van der Waals surface area (Å²) >= 11 is 0. The zero-order valence-electron chi connectivity index (χ0n) is 15.6. The second kappa shape index (κ2) is 8.40. The van der Waals surface area contributed by atoms with Crippen LogP contribution in [0.15, 0.2) is 18.2 Å². The monoisotopic (exact) mass is 392 g/mol. The van der Waals surface area contributed by atoms with Gasteiger partial charge >= 0.3 is 0 Å². The zero-order chi connectivity index (χ0) is 18.1. The molecule has 1 aliphatic heterocycles. The Bertz CT molecular complexity index is 830. The van der Waals surface area contributed by atoms with Crippen LogP contribution in [-0.4, -0.2) is 35.3 Å². The molecule has 1 saturated heterocycles. The molecule has 1 atom stereocenters. The summed E-state index contributed by atoms with van der Waals surface area (Å²) in [6.07, 6.45) is 4.92. The van der Waals surface area contributed by atoms with Crippen molar-refractivity contribution in [2.75, 3.05) is 19.6 Å². The fourth-order valence-electron chi connectivity index (χ4n) is 4.02. The van der Waals surface area contributed by atoms with Crippen LogP contribution in [0.3, 0.4) is 0 Å². The third kappa shape index (κ3) is 4.01. The Labute approximate surface area is 165 Å². The number of nitrogens with zero attached hydrogens (tertiary/aromatic N) is 2. The normalized spacial score (nSPS) is 18.7. The highest BCUT2D eigenvalue weighted by molar-refractivity contribution is 5.94. The average Bonchev–Trinajstić information content (AvgIpc) is 3.24. The second-order valence-electron chi connectivity index (χ2n) is 7.42. The fraction of sp³-hybridized carbons (Fsp3) is 0.500. The largest absolute Gasteiger partial charge is 0.350 e. The van der Waals surface area contributed by atoms with Gasteiger partial charge in [0.1, 0.15) is 11.5 Å². The van der Waals surface area contributed by atoms with Gasteiger partial charge in [-0.15, -0.1) is 12.4 Å². The van der Waals surface area contributed by atoms with Gasteiger partial charge in [-0.1, -0.05) is 6.07 Å². The highest BCUT2D eigenvalue weighted by atomic mass is 35.5. The summed E-state index contributed by atoms with van der Waals surface area (Å²) in [5.41, 5.74) is 3.70. The number of carbonyl (C=O) groups is 1. The van der Waals surface area contributed by atoms with Gasteiger partial charge in [0.15, 0.2) is 5.69 Å². The molecule has 2 aliphatic rings. The Kier molecular flexibility index (Phi) is 6.17. The fourth-order valence-corrected chi connectivity index (χ4v) is 4.02. The van der Waals surface area contributed by atoms with E-state index in [1.165, 1.54) is 6.07 Å². The van der Waals surface area contributed by atoms with E-state index in [-0.39, 0.29) is 24.1 Å². The molecule has 146 valence electrons. The third-order valence-corrected chi connectivity index (χ3v) is 5.43. The summed E-state index contributed by atoms with van der Waals surface area (Å²) < 4.78 is 16.1. The summed E-state index contributed by atoms with van der Waals surface area (Å²) in [6.45, 7) is 4.53. The van der Waals surface area contributed by atoms with E-state index < -0.39 is 0 Å². The van der Waals surface area contributed by atoms with Gasteiger partial charge in [0.05, 0.1) is 0 Å². The summed E-state index contributed by atoms with van der Waals surface area (Å²) in [5, 5.41) is 10.9. The van der Waals surface area contributed by atoms with Crippen LogP contribution in [0, 0.1) is 18.7 Å². The molecule has 0 saturated carbocycles. The standard InChI is InChI=1S/C20H25FN4O.ClH/c1-13-7-8-18(16(21)10-13)25-17-6-2-5-15(17)19(24-25)20(26)23-12-14-4-3-9-22-11-14;/h7-8,10,14,22H,2-6,9,11-12H2,1H3,(H,23,26);1H. The molecule has 1 fully saturated rings. The molecule has 4 rings (SSSR count). The maximum absolute atomic E-state index is 14.4. The van der Waals surface area contributed by atoms with Crippen molar-refractivity contribution >= 4 is 18.3 Å². The number of halogens is 2. The molecule has 0 radical (unpaired) electrons. The van der Waals surface area contributed by atoms with E-state index in [9.17, 15) is 9.18 Å². The first-order chi connectivity index (χ1) is 12.6. The number of fused-ring (bicyclic) bond motifs is 1. The van der Waals surface area contributed by atoms with Crippen molar-refractivity contribution in [3.8, 4) is 5.69 Å². The van der Waals surface area contributed by atoms with Crippen LogP contribution in [0.25, 0.3) is 5.69 Å². The number of hydrogen-bond donors (Lipinski definition) is 2. The van der Waals surface area contributed by atoms with E-state index in [0.29, 0.717) is 23.8 Å². The number of piperidine rings is 1. The van der Waals surface area contributed by atoms with Crippen LogP contribution in [0.4, 0.5) is 4.39 Å². The van der Waals surface area contributed by atoms with Crippen molar-refractivity contribution in [1.29, 1.82) is 0 Å². The first-order valence-corrected chi connectivity index (χ1v) is 9.49. The van der Waals surface area contributed by atoms with Crippen LogP contribution in [0.1, 0.15) is 46.6 Å². The number of aryl methyl sites for hydroxylation is 1. The topological polar surface area (TPSA) is 59.0 Å². The molecule has 1 aliphatic carbocycles. The van der Waals surface area contributed by atoms with Crippen LogP contribution >= 0.6 is 12.4 Å². The van der Waals surface area contributed by atoms with Crippen molar-refractivity contribution in [1.82, 2.24) is 20.4 Å². The van der Waals surface area contributed by atoms with Crippen molar-refractivity contribution in [2.24, 2.45) is 5.92 Å². The Morgan fingerprint density at radius 2 is 2.22 bits per heavy atom. The molecule has 1 aromatic carbocycles. The molecule has 7 heteroatoms. The van der Waals surface area contributed by atoms with Gasteiger partial charge in [-0.2, -0.15) is 5.10 Å². The van der Waals surface area contributed by atoms with E-state index in [2.05, 4.69) is 15.7 Å². The molecular weight excluding hydrogens is 367 g/mol. The Morgan fingerprint density at radius 3 is 2.96 bits per heavy atom. The smallest absolute Gasteiger partial charge is 0.272 e. The highest BCUT2D eigenvalue weighted by Crippen LogP contribution is 2.29. The molecule has 2 aromatic rings. The first-order valence-electron chi connectivity index (χ1n) is 9.49. The van der Waals surface area contributed by atoms with E-state index in [0.717, 1.165) is 62.0 Å². The zero-order valence-corrected chi connectivity index (χ0v) is 16.4. The number of aromatic nitrogens is 2. The minimum atomic E-state index is -0.303. The van der Waals surface area contributed by atoms with Gasteiger partial charge in [-0.25, -0.2) is 9.07 Å². The predicted molar refractivity (Wildman–Crippen MR) is 105 cm³/mol. The lowest BCUT2D eigenvalue weighted by molar-refractivity contribution is 0.0938. The van der Waals surface area contributed by atoms with Crippen LogP contribution in [0.5, 0.6) is 0 Å². The number of hydrogen-bond acceptors (Lipinski definition) is 3. The molecule has 27 heavy (non-hydrogen) atoms. The van der Waals surface area contributed by atoms with Crippen molar-refractivity contribution in [3.05, 3.63) is 46.5 Å². The van der Waals surface area contributed by atoms with Gasteiger partial charge in [0.25, 0.3) is 5.91 Å². The van der Waals surface area contributed by atoms with Gasteiger partial charge in [-0.3, -0.25) is 4.79 Å². The van der Waals surface area contributed by atoms with E-state index in [4.69, 9.17) is 0 Å². The first kappa shape index (κ1) is 19.8. The number of benzene rings is 1. The second-order valence-corrected chi connectivity index (χ2v) is 7.42. The molecule has 2 N–H and O–H groups in total. The molecule has 1 aromatic heterocycles. The van der Waals surface area contributed by atoms with E-state index in [1.54, 1.807) is 10.7 Å². The van der Waals surface area contributed by atoms with Gasteiger partial charge in [-0.05, 0) is 75.7 Å². The van der Waals surface area contributed by atoms with Crippen molar-refractivity contribution in [2.45, 2.75) is 39.0 Å². The number of amides is 1. The summed E-state index contributed by atoms with van der Waals surface area (Å²) in [7, 11) is 0. The maximum atomic E-state index is 14.4. The quantitative estimate of drug-likeness (QED) is 0.841. The molecule has 2 heterocycles. The summed E-state index contributed by atoms with van der Waals surface area (Å²) in [6, 6.07) is 5.12. The molecule has 0 spiro atoms. The lowest BCUT2D eigenvalue weighted by Crippen LogP contribution is -2.38. The van der Waals surface area contributed by atoms with Crippen molar-refractivity contribution in [3.63, 3.8) is 0 Å². The summed E-state index contributed by atoms with van der Waals surface area (Å²) in [5.74, 6) is 0.0276. The minimum Gasteiger partial charge on any atom is -0.350 e. The van der Waals surface area contributed by atoms with Gasteiger partial charge < -0.3 is 10.6 Å². The Hall–Kier alpha value is -1.92. The maximum Gasteiger partial charge on any atom is 0.272 e. The van der Waals surface area contributed by atoms with E-state index in [1.807, 2.05) is 13.0 Å². The van der Waals surface area contributed by atoms with Crippen LogP contribution < -0.4 is 10.6 Å². The van der Waals surface area contributed by atoms with Gasteiger partial charge in [0.2, 0.25) is 0 Å². The molecule has 0 bridgehead atoms. The van der Waals surface area contributed by atoms with Gasteiger partial charge in [0, 0.05) is 17.8 Å². The van der Waals surface area contributed by atoms with Crippen molar-refractivity contribution < 1.29 is 9.18 Å². The SMILES string of the molecule is Cc1ccc(-n2nc(C(=O)NCC3CCCNC3)c3c2CCC3)c(F)c1.Cl. The molecular formula is C20H26ClFN4O. The highest BCUT2D eigenvalue weighted by Gasteiger charge is 2.28. The summed E-state index contributed by atoms with van der Waals surface area (Å²) in [4.78, 5) is 12.7. The minimum absolute atomic E-state index is 0. The lowest BCUT2D eigenvalue weighted by Gasteiger charge is -2.22. The molecule has 5 nitrogen and oxygen atoms in total. The Balaban J connectivity index is 0.00000210. The number of rotatable bonds is 4. The third-order valence-electron chi connectivity index (χ3n) is 5.43. The number of nitrogens with one attached hydrogen (secondary N) is 2.